The number of carboxylic acid groups (broad SMARTS) is 1. The Hall–Kier alpha value is -2.37. The molecule has 6 nitrogen and oxygen atoms in total. The summed E-state index contributed by atoms with van der Waals surface area (Å²) >= 11 is 0. The van der Waals surface area contributed by atoms with Crippen LogP contribution < -0.4 is 5.32 Å². The quantitative estimate of drug-likeness (QED) is 0.757. The zero-order chi connectivity index (χ0) is 14.3. The van der Waals surface area contributed by atoms with Gasteiger partial charge in [0.15, 0.2) is 0 Å². The van der Waals surface area contributed by atoms with E-state index in [0.717, 1.165) is 5.56 Å². The largest absolute Gasteiger partial charge is 0.476 e. The average Bonchev–Trinajstić information content (AvgIpc) is 2.37. The first kappa shape index (κ1) is 14.7. The van der Waals surface area contributed by atoms with Gasteiger partial charge in [-0.25, -0.2) is 9.59 Å². The molecular formula is C13H15NO5. The second-order valence-electron chi connectivity index (χ2n) is 4.04. The maximum Gasteiger partial charge on any atom is 0.407 e. The third kappa shape index (κ3) is 5.67. The van der Waals surface area contributed by atoms with Gasteiger partial charge in [0.05, 0.1) is 0 Å². The molecule has 0 aliphatic carbocycles. The normalized spacial score (nSPS) is 11.4. The van der Waals surface area contributed by atoms with E-state index in [9.17, 15) is 14.4 Å². The Labute approximate surface area is 110 Å². The molecule has 1 rings (SSSR count). The number of rotatable bonds is 6. The first-order valence-electron chi connectivity index (χ1n) is 5.72. The summed E-state index contributed by atoms with van der Waals surface area (Å²) in [6, 6.07) is 8.53. The van der Waals surface area contributed by atoms with Crippen LogP contribution in [0, 0.1) is 0 Å². The molecule has 0 bridgehead atoms. The molecule has 1 aromatic rings. The summed E-state index contributed by atoms with van der Waals surface area (Å²) in [7, 11) is 0. The van der Waals surface area contributed by atoms with Crippen LogP contribution in [0.15, 0.2) is 30.3 Å². The van der Waals surface area contributed by atoms with Crippen molar-refractivity contribution in [3.05, 3.63) is 35.9 Å². The molecule has 0 spiro atoms. The minimum atomic E-state index is -1.51. The molecule has 0 aromatic heterocycles. The molecule has 102 valence electrons. The summed E-state index contributed by atoms with van der Waals surface area (Å²) in [5.41, 5.74) is 0.840. The van der Waals surface area contributed by atoms with E-state index in [0.29, 0.717) is 0 Å². The maximum absolute atomic E-state index is 11.4. The molecular weight excluding hydrogens is 250 g/mol. The Balaban J connectivity index is 2.31. The topological polar surface area (TPSA) is 92.7 Å². The molecule has 0 aliphatic rings. The van der Waals surface area contributed by atoms with Crippen molar-refractivity contribution < 1.29 is 24.2 Å². The van der Waals surface area contributed by atoms with E-state index in [1.165, 1.54) is 6.92 Å². The lowest BCUT2D eigenvalue weighted by molar-refractivity contribution is -0.149. The fourth-order valence-corrected chi connectivity index (χ4v) is 1.38. The lowest BCUT2D eigenvalue weighted by Gasteiger charge is -2.12. The lowest BCUT2D eigenvalue weighted by atomic mass is 10.2. The first-order valence-corrected chi connectivity index (χ1v) is 5.72. The number of hydrogen-bond acceptors (Lipinski definition) is 4. The van der Waals surface area contributed by atoms with E-state index in [1.807, 2.05) is 30.3 Å². The fraction of sp³-hybridized carbons (Fsp3) is 0.308. The predicted octanol–water partition coefficient (Wildman–Crippen LogP) is 1.35. The summed E-state index contributed by atoms with van der Waals surface area (Å²) in [6.07, 6.45) is -0.954. The van der Waals surface area contributed by atoms with Crippen LogP contribution in [0.4, 0.5) is 4.79 Å². The second kappa shape index (κ2) is 7.15. The monoisotopic (exact) mass is 265 g/mol. The number of carbonyl (C=O) groups excluding carboxylic acids is 2. The molecule has 0 saturated heterocycles. The first-order chi connectivity index (χ1) is 8.99. The number of ether oxygens (including phenoxy) is 1. The van der Waals surface area contributed by atoms with Crippen LogP contribution in [0.25, 0.3) is 0 Å². The van der Waals surface area contributed by atoms with Crippen molar-refractivity contribution in [3.63, 3.8) is 0 Å². The number of aliphatic carboxylic acids is 1. The van der Waals surface area contributed by atoms with Crippen molar-refractivity contribution >= 4 is 17.8 Å². The van der Waals surface area contributed by atoms with Gasteiger partial charge in [-0.2, -0.15) is 0 Å². The van der Waals surface area contributed by atoms with Crippen molar-refractivity contribution in [1.82, 2.24) is 5.32 Å². The molecule has 0 saturated carbocycles. The van der Waals surface area contributed by atoms with Gasteiger partial charge < -0.3 is 15.2 Å². The van der Waals surface area contributed by atoms with Gasteiger partial charge in [-0.05, 0) is 12.5 Å². The van der Waals surface area contributed by atoms with E-state index in [2.05, 4.69) is 5.32 Å². The van der Waals surface area contributed by atoms with Crippen LogP contribution in [0.5, 0.6) is 0 Å². The molecule has 0 fully saturated rings. The molecule has 0 heterocycles. The average molecular weight is 265 g/mol. The van der Waals surface area contributed by atoms with Crippen molar-refractivity contribution in [1.29, 1.82) is 0 Å². The van der Waals surface area contributed by atoms with Gasteiger partial charge in [0.1, 0.15) is 6.61 Å². The highest BCUT2D eigenvalue weighted by molar-refractivity contribution is 6.32. The zero-order valence-corrected chi connectivity index (χ0v) is 10.5. The third-order valence-electron chi connectivity index (χ3n) is 2.31. The number of alkyl carbamates (subject to hydrolysis) is 1. The van der Waals surface area contributed by atoms with Gasteiger partial charge in [-0.15, -0.1) is 0 Å². The SMILES string of the molecule is C[C@@H](CC(=O)C(=O)O)NC(=O)OCc1ccccc1. The van der Waals surface area contributed by atoms with Gasteiger partial charge in [0, 0.05) is 12.5 Å². The minimum absolute atomic E-state index is 0.117. The summed E-state index contributed by atoms with van der Waals surface area (Å²) < 4.78 is 4.93. The molecule has 0 aliphatic heterocycles. The van der Waals surface area contributed by atoms with Crippen molar-refractivity contribution in [2.75, 3.05) is 0 Å². The van der Waals surface area contributed by atoms with Gasteiger partial charge in [-0.3, -0.25) is 4.79 Å². The minimum Gasteiger partial charge on any atom is -0.476 e. The Kier molecular flexibility index (Phi) is 5.53. The molecule has 2 N–H and O–H groups in total. The van der Waals surface area contributed by atoms with E-state index in [-0.39, 0.29) is 13.0 Å². The van der Waals surface area contributed by atoms with Gasteiger partial charge in [0.25, 0.3) is 0 Å². The molecule has 0 unspecified atom stereocenters. The fourth-order valence-electron chi connectivity index (χ4n) is 1.38. The van der Waals surface area contributed by atoms with Gasteiger partial charge >= 0.3 is 12.1 Å². The Morgan fingerprint density at radius 2 is 1.89 bits per heavy atom. The van der Waals surface area contributed by atoms with E-state index in [1.54, 1.807) is 0 Å². The van der Waals surface area contributed by atoms with Gasteiger partial charge in [-0.1, -0.05) is 30.3 Å². The van der Waals surface area contributed by atoms with E-state index < -0.39 is 23.9 Å². The molecule has 6 heteroatoms. The highest BCUT2D eigenvalue weighted by atomic mass is 16.5. The van der Waals surface area contributed by atoms with Crippen molar-refractivity contribution in [2.24, 2.45) is 0 Å². The number of carboxylic acids is 1. The van der Waals surface area contributed by atoms with Crippen LogP contribution in [-0.2, 0) is 20.9 Å². The van der Waals surface area contributed by atoms with Crippen molar-refractivity contribution in [3.8, 4) is 0 Å². The number of amides is 1. The predicted molar refractivity (Wildman–Crippen MR) is 66.5 cm³/mol. The summed E-state index contributed by atoms with van der Waals surface area (Å²) in [4.78, 5) is 32.6. The number of ketones is 1. The number of Topliss-reactive ketones (excluding diaryl/α,β-unsaturated/α-hetero) is 1. The highest BCUT2D eigenvalue weighted by Crippen LogP contribution is 2.01. The lowest BCUT2D eigenvalue weighted by Crippen LogP contribution is -2.35. The van der Waals surface area contributed by atoms with Gasteiger partial charge in [0.2, 0.25) is 5.78 Å². The number of carbonyl (C=O) groups is 3. The van der Waals surface area contributed by atoms with Crippen LogP contribution in [0.3, 0.4) is 0 Å². The Bertz CT molecular complexity index is 457. The Morgan fingerprint density at radius 1 is 1.26 bits per heavy atom. The number of hydrogen-bond donors (Lipinski definition) is 2. The van der Waals surface area contributed by atoms with E-state index >= 15 is 0 Å². The van der Waals surface area contributed by atoms with Crippen LogP contribution in [0.1, 0.15) is 18.9 Å². The summed E-state index contributed by atoms with van der Waals surface area (Å²) in [5, 5.41) is 10.8. The van der Waals surface area contributed by atoms with Crippen LogP contribution >= 0.6 is 0 Å². The smallest absolute Gasteiger partial charge is 0.407 e. The number of nitrogens with one attached hydrogen (secondary N) is 1. The molecule has 1 amide bonds. The number of benzene rings is 1. The molecule has 1 aromatic carbocycles. The molecule has 1 atom stereocenters. The zero-order valence-electron chi connectivity index (χ0n) is 10.5. The highest BCUT2D eigenvalue weighted by Gasteiger charge is 2.17. The molecule has 0 radical (unpaired) electrons. The second-order valence-corrected chi connectivity index (χ2v) is 4.04. The van der Waals surface area contributed by atoms with Crippen LogP contribution in [-0.4, -0.2) is 29.0 Å². The third-order valence-corrected chi connectivity index (χ3v) is 2.31. The molecule has 19 heavy (non-hydrogen) atoms. The summed E-state index contributed by atoms with van der Waals surface area (Å²) in [5.74, 6) is -2.46. The van der Waals surface area contributed by atoms with Crippen LogP contribution in [0.2, 0.25) is 0 Å². The summed E-state index contributed by atoms with van der Waals surface area (Å²) in [6.45, 7) is 1.65. The van der Waals surface area contributed by atoms with E-state index in [4.69, 9.17) is 9.84 Å². The standard InChI is InChI=1S/C13H15NO5/c1-9(7-11(15)12(16)17)14-13(18)19-8-10-5-3-2-4-6-10/h2-6,9H,7-8H2,1H3,(H,14,18)(H,16,17)/t9-/m0/s1. The Morgan fingerprint density at radius 3 is 2.47 bits per heavy atom. The maximum atomic E-state index is 11.4. The van der Waals surface area contributed by atoms with Crippen molar-refractivity contribution in [2.45, 2.75) is 26.0 Å².